The molecule has 1 aromatic heterocycles. The number of nitrogens with zero attached hydrogens (tertiary/aromatic N) is 3. The number of hydrogen-bond acceptors (Lipinski definition) is 5. The van der Waals surface area contributed by atoms with E-state index in [2.05, 4.69) is 20.1 Å². The molecular formula is C12H18N4O2S. The van der Waals surface area contributed by atoms with Crippen LogP contribution in [0.2, 0.25) is 0 Å². The van der Waals surface area contributed by atoms with Crippen LogP contribution >= 0.6 is 11.8 Å². The van der Waals surface area contributed by atoms with E-state index in [1.165, 1.54) is 24.6 Å². The first kappa shape index (κ1) is 12.9. The lowest BCUT2D eigenvalue weighted by Crippen LogP contribution is -2.39. The van der Waals surface area contributed by atoms with Crippen LogP contribution in [0.1, 0.15) is 31.7 Å². The van der Waals surface area contributed by atoms with Crippen LogP contribution in [0, 0.1) is 5.92 Å². The van der Waals surface area contributed by atoms with Gasteiger partial charge in [0.2, 0.25) is 5.91 Å². The van der Waals surface area contributed by atoms with E-state index in [0.29, 0.717) is 24.3 Å². The fraction of sp³-hybridized carbons (Fsp3) is 0.750. The van der Waals surface area contributed by atoms with Gasteiger partial charge in [-0.25, -0.2) is 0 Å². The van der Waals surface area contributed by atoms with Gasteiger partial charge in [-0.05, 0) is 31.6 Å². The first-order valence-corrected chi connectivity index (χ1v) is 7.68. The van der Waals surface area contributed by atoms with Gasteiger partial charge in [0.15, 0.2) is 5.16 Å². The lowest BCUT2D eigenvalue weighted by molar-refractivity contribution is -0.119. The van der Waals surface area contributed by atoms with E-state index >= 15 is 0 Å². The molecule has 2 aliphatic rings. The molecule has 6 nitrogen and oxygen atoms in total. The van der Waals surface area contributed by atoms with E-state index in [9.17, 15) is 4.79 Å². The summed E-state index contributed by atoms with van der Waals surface area (Å²) in [6.07, 6.45) is 5.57. The number of aliphatic hydroxyl groups excluding tert-OH is 1. The molecule has 0 aliphatic heterocycles. The fourth-order valence-corrected chi connectivity index (χ4v) is 3.06. The van der Waals surface area contributed by atoms with E-state index in [0.717, 1.165) is 18.0 Å². The average molecular weight is 282 g/mol. The highest BCUT2D eigenvalue weighted by Crippen LogP contribution is 2.37. The van der Waals surface area contributed by atoms with Crippen LogP contribution in [0.3, 0.4) is 0 Å². The molecular weight excluding hydrogens is 264 g/mol. The van der Waals surface area contributed by atoms with Crippen molar-refractivity contribution < 1.29 is 9.90 Å². The van der Waals surface area contributed by atoms with Crippen molar-refractivity contribution in [2.75, 3.05) is 12.3 Å². The number of amides is 1. The second-order valence-electron chi connectivity index (χ2n) is 5.34. The second-order valence-corrected chi connectivity index (χ2v) is 6.28. The summed E-state index contributed by atoms with van der Waals surface area (Å²) in [6.45, 7) is 0.672. The molecule has 2 N–H and O–H groups in total. The van der Waals surface area contributed by atoms with Crippen molar-refractivity contribution in [3.63, 3.8) is 0 Å². The van der Waals surface area contributed by atoms with E-state index < -0.39 is 0 Å². The van der Waals surface area contributed by atoms with E-state index in [1.807, 2.05) is 0 Å². The molecule has 104 valence electrons. The van der Waals surface area contributed by atoms with E-state index in [4.69, 9.17) is 5.11 Å². The van der Waals surface area contributed by atoms with Crippen molar-refractivity contribution in [1.29, 1.82) is 0 Å². The summed E-state index contributed by atoms with van der Waals surface area (Å²) in [5.41, 5.74) is 0. The number of carbonyl (C=O) groups excluding carboxylic acids is 1. The van der Waals surface area contributed by atoms with Gasteiger partial charge in [-0.1, -0.05) is 11.8 Å². The van der Waals surface area contributed by atoms with Crippen LogP contribution in [0.5, 0.6) is 0 Å². The van der Waals surface area contributed by atoms with Gasteiger partial charge in [-0.2, -0.15) is 0 Å². The molecule has 0 spiro atoms. The molecule has 2 aliphatic carbocycles. The third kappa shape index (κ3) is 3.27. The maximum atomic E-state index is 11.7. The second kappa shape index (κ2) is 5.50. The van der Waals surface area contributed by atoms with Crippen molar-refractivity contribution in [3.8, 4) is 0 Å². The van der Waals surface area contributed by atoms with Gasteiger partial charge in [0.05, 0.1) is 11.9 Å². The molecule has 0 saturated heterocycles. The standard InChI is InChI=1S/C12H18N4O2S/c17-10-3-8(4-10)5-13-11(18)6-19-12-15-14-7-16(12)9-1-2-9/h7-10,17H,1-6H2,(H,13,18). The molecule has 19 heavy (non-hydrogen) atoms. The smallest absolute Gasteiger partial charge is 0.230 e. The Morgan fingerprint density at radius 3 is 3.00 bits per heavy atom. The minimum absolute atomic E-state index is 0.0248. The summed E-state index contributed by atoms with van der Waals surface area (Å²) in [5, 5.41) is 20.8. The van der Waals surface area contributed by atoms with Crippen LogP contribution in [0.25, 0.3) is 0 Å². The molecule has 0 bridgehead atoms. The largest absolute Gasteiger partial charge is 0.393 e. The van der Waals surface area contributed by atoms with Gasteiger partial charge in [-0.15, -0.1) is 10.2 Å². The zero-order valence-corrected chi connectivity index (χ0v) is 11.5. The monoisotopic (exact) mass is 282 g/mol. The maximum absolute atomic E-state index is 11.7. The molecule has 0 unspecified atom stereocenters. The van der Waals surface area contributed by atoms with Crippen LogP contribution in [-0.2, 0) is 4.79 Å². The Morgan fingerprint density at radius 2 is 2.32 bits per heavy atom. The predicted molar refractivity (Wildman–Crippen MR) is 70.8 cm³/mol. The lowest BCUT2D eigenvalue weighted by Gasteiger charge is -2.31. The first-order chi connectivity index (χ1) is 9.22. The molecule has 0 aromatic carbocycles. The van der Waals surface area contributed by atoms with Gasteiger partial charge in [0.1, 0.15) is 6.33 Å². The quantitative estimate of drug-likeness (QED) is 0.747. The normalized spacial score (nSPS) is 25.9. The summed E-state index contributed by atoms with van der Waals surface area (Å²) in [5.74, 6) is 0.844. The molecule has 1 heterocycles. The zero-order chi connectivity index (χ0) is 13.2. The Morgan fingerprint density at radius 1 is 1.53 bits per heavy atom. The number of aromatic nitrogens is 3. The minimum Gasteiger partial charge on any atom is -0.393 e. The van der Waals surface area contributed by atoms with Gasteiger partial charge < -0.3 is 15.0 Å². The van der Waals surface area contributed by atoms with Crippen LogP contribution in [0.4, 0.5) is 0 Å². The molecule has 1 amide bonds. The van der Waals surface area contributed by atoms with Gasteiger partial charge in [0, 0.05) is 12.6 Å². The highest BCUT2D eigenvalue weighted by atomic mass is 32.2. The number of aliphatic hydroxyl groups is 1. The SMILES string of the molecule is O=C(CSc1nncn1C1CC1)NCC1CC(O)C1. The first-order valence-electron chi connectivity index (χ1n) is 6.69. The summed E-state index contributed by atoms with van der Waals surface area (Å²) < 4.78 is 2.06. The summed E-state index contributed by atoms with van der Waals surface area (Å²) >= 11 is 1.44. The Kier molecular flexibility index (Phi) is 3.74. The van der Waals surface area contributed by atoms with Crippen molar-refractivity contribution >= 4 is 17.7 Å². The summed E-state index contributed by atoms with van der Waals surface area (Å²) in [6, 6.07) is 0.539. The molecule has 0 atom stereocenters. The molecule has 2 saturated carbocycles. The average Bonchev–Trinajstić information content (AvgIpc) is 3.10. The van der Waals surface area contributed by atoms with Crippen LogP contribution in [0.15, 0.2) is 11.5 Å². The number of thioether (sulfide) groups is 1. The Bertz CT molecular complexity index is 454. The van der Waals surface area contributed by atoms with Crippen LogP contribution < -0.4 is 5.32 Å². The zero-order valence-electron chi connectivity index (χ0n) is 10.7. The van der Waals surface area contributed by atoms with E-state index in [1.54, 1.807) is 6.33 Å². The lowest BCUT2D eigenvalue weighted by atomic mass is 9.82. The molecule has 1 aromatic rings. The maximum Gasteiger partial charge on any atom is 0.230 e. The number of nitrogens with one attached hydrogen (secondary N) is 1. The molecule has 2 fully saturated rings. The van der Waals surface area contributed by atoms with Crippen LogP contribution in [-0.4, -0.2) is 44.2 Å². The Hall–Kier alpha value is -1.08. The van der Waals surface area contributed by atoms with Crippen molar-refractivity contribution in [1.82, 2.24) is 20.1 Å². The highest BCUT2D eigenvalue weighted by molar-refractivity contribution is 7.99. The van der Waals surface area contributed by atoms with E-state index in [-0.39, 0.29) is 12.0 Å². The summed E-state index contributed by atoms with van der Waals surface area (Å²) in [4.78, 5) is 11.7. The van der Waals surface area contributed by atoms with Crippen molar-refractivity contribution in [3.05, 3.63) is 6.33 Å². The Labute approximate surface area is 116 Å². The molecule has 7 heteroatoms. The summed E-state index contributed by atoms with van der Waals surface area (Å²) in [7, 11) is 0. The number of hydrogen-bond donors (Lipinski definition) is 2. The van der Waals surface area contributed by atoms with Gasteiger partial charge in [-0.3, -0.25) is 4.79 Å². The fourth-order valence-electron chi connectivity index (χ4n) is 2.24. The predicted octanol–water partition coefficient (Wildman–Crippen LogP) is 0.592. The van der Waals surface area contributed by atoms with Crippen molar-refractivity contribution in [2.45, 2.75) is 43.0 Å². The molecule has 3 rings (SSSR count). The van der Waals surface area contributed by atoms with Crippen molar-refractivity contribution in [2.24, 2.45) is 5.92 Å². The Balaban J connectivity index is 1.39. The topological polar surface area (TPSA) is 80.0 Å². The minimum atomic E-state index is -0.159. The number of carbonyl (C=O) groups is 1. The van der Waals surface area contributed by atoms with Gasteiger partial charge >= 0.3 is 0 Å². The highest BCUT2D eigenvalue weighted by Gasteiger charge is 2.28. The molecule has 0 radical (unpaired) electrons. The number of rotatable bonds is 6. The third-order valence-corrected chi connectivity index (χ3v) is 4.57. The van der Waals surface area contributed by atoms with Gasteiger partial charge in [0.25, 0.3) is 0 Å². The third-order valence-electron chi connectivity index (χ3n) is 3.61.